The molecule has 0 atom stereocenters. The molecule has 1 aromatic carbocycles. The van der Waals surface area contributed by atoms with Crippen molar-refractivity contribution >= 4 is 28.6 Å². The largest absolute Gasteiger partial charge is 0.490 e. The van der Waals surface area contributed by atoms with Gasteiger partial charge in [-0.3, -0.25) is 0 Å². The van der Waals surface area contributed by atoms with Gasteiger partial charge in [0, 0.05) is 0 Å². The van der Waals surface area contributed by atoms with E-state index < -0.39 is 0 Å². The van der Waals surface area contributed by atoms with E-state index >= 15 is 0 Å². The number of ether oxygens (including phenoxy) is 1. The van der Waals surface area contributed by atoms with E-state index in [0.29, 0.717) is 0 Å². The number of benzene rings is 1. The maximum atomic E-state index is 5.58. The Hall–Kier alpha value is -0.450. The van der Waals surface area contributed by atoms with E-state index in [4.69, 9.17) is 4.74 Å². The monoisotopic (exact) mass is 289 g/mol. The van der Waals surface area contributed by atoms with Gasteiger partial charge in [0.2, 0.25) is 0 Å². The topological polar surface area (TPSA) is 12.5 Å². The number of hydrogen-bond acceptors (Lipinski definition) is 2. The van der Waals surface area contributed by atoms with Gasteiger partial charge in [0.15, 0.2) is 0 Å². The second kappa shape index (κ2) is 3.36. The van der Waals surface area contributed by atoms with Crippen LogP contribution in [0.3, 0.4) is 0 Å². The number of hydrogen-bond donors (Lipinski definition) is 0. The van der Waals surface area contributed by atoms with Gasteiger partial charge < -0.3 is 7.85 Å². The molecule has 70 valence electrons. The number of rotatable bonds is 0. The molecule has 0 spiro atoms. The molecular weight excluding hydrogens is 277 g/mol. The fourth-order valence-corrected chi connectivity index (χ4v) is 2.01. The van der Waals surface area contributed by atoms with Crippen LogP contribution in [0.5, 0.6) is 5.75 Å². The van der Waals surface area contributed by atoms with Crippen LogP contribution in [-0.4, -0.2) is 13.2 Å². The van der Waals surface area contributed by atoms with Crippen LogP contribution in [0.4, 0.5) is 5.69 Å². The molecule has 0 amide bonds. The highest BCUT2D eigenvalue weighted by Gasteiger charge is 2.16. The third-order valence-electron chi connectivity index (χ3n) is 2.38. The van der Waals surface area contributed by atoms with Gasteiger partial charge in [0.25, 0.3) is 0 Å². The second-order valence-corrected chi connectivity index (χ2v) is 4.50. The maximum absolute atomic E-state index is 5.58. The highest BCUT2D eigenvalue weighted by molar-refractivity contribution is 14.1. The number of anilines is 1. The smallest absolute Gasteiger partial charge is 0.143 e. The van der Waals surface area contributed by atoms with Crippen molar-refractivity contribution < 1.29 is 4.74 Å². The summed E-state index contributed by atoms with van der Waals surface area (Å²) in [6.45, 7) is 6.01. The fourth-order valence-electron chi connectivity index (χ4n) is 1.44. The van der Waals surface area contributed by atoms with E-state index in [0.717, 1.165) is 18.9 Å². The van der Waals surface area contributed by atoms with Crippen molar-refractivity contribution in [2.45, 2.75) is 13.8 Å². The van der Waals surface area contributed by atoms with Gasteiger partial charge in [0.1, 0.15) is 12.4 Å². The number of nitrogens with zero attached hydrogens (tertiary/aromatic N) is 1. The van der Waals surface area contributed by atoms with E-state index in [1.807, 2.05) is 0 Å². The lowest BCUT2D eigenvalue weighted by molar-refractivity contribution is 0.319. The molecule has 0 unspecified atom stereocenters. The van der Waals surface area contributed by atoms with Crippen LogP contribution in [0.25, 0.3) is 0 Å². The van der Waals surface area contributed by atoms with Gasteiger partial charge in [-0.1, -0.05) is 0 Å². The summed E-state index contributed by atoms with van der Waals surface area (Å²) in [5.74, 6) is 1.02. The molecule has 0 bridgehead atoms. The molecule has 0 saturated heterocycles. The van der Waals surface area contributed by atoms with E-state index in [-0.39, 0.29) is 0 Å². The summed E-state index contributed by atoms with van der Waals surface area (Å²) in [6, 6.07) is 4.31. The molecule has 1 aliphatic rings. The Balaban J connectivity index is 2.52. The summed E-state index contributed by atoms with van der Waals surface area (Å²) < 4.78 is 7.79. The number of fused-ring (bicyclic) bond motifs is 1. The van der Waals surface area contributed by atoms with Crippen LogP contribution in [0.2, 0.25) is 0 Å². The zero-order valence-electron chi connectivity index (χ0n) is 7.80. The first kappa shape index (κ1) is 9.12. The summed E-state index contributed by atoms with van der Waals surface area (Å²) in [5.41, 5.74) is 3.83. The van der Waals surface area contributed by atoms with Gasteiger partial charge in [0.05, 0.1) is 35.1 Å². The summed E-state index contributed by atoms with van der Waals surface area (Å²) in [4.78, 5) is 0. The van der Waals surface area contributed by atoms with Crippen LogP contribution >= 0.6 is 22.9 Å². The molecule has 0 aromatic heterocycles. The number of aryl methyl sites for hydroxylation is 2. The minimum atomic E-state index is 0.790. The van der Waals surface area contributed by atoms with Crippen molar-refractivity contribution in [3.05, 3.63) is 23.3 Å². The third kappa shape index (κ3) is 1.61. The predicted octanol–water partition coefficient (Wildman–Crippen LogP) is 2.85. The lowest BCUT2D eigenvalue weighted by atomic mass is 10.1. The predicted molar refractivity (Wildman–Crippen MR) is 62.8 cm³/mol. The molecule has 0 radical (unpaired) electrons. The van der Waals surface area contributed by atoms with Crippen molar-refractivity contribution in [1.29, 1.82) is 0 Å². The molecule has 2 nitrogen and oxygen atoms in total. The molecule has 0 aliphatic carbocycles. The SMILES string of the molecule is Cc1cc2c(cc1C)N(I)CCO2. The molecule has 13 heavy (non-hydrogen) atoms. The van der Waals surface area contributed by atoms with E-state index in [2.05, 4.69) is 52.0 Å². The molecule has 3 heteroatoms. The maximum Gasteiger partial charge on any atom is 0.143 e. The Kier molecular flexibility index (Phi) is 2.36. The Morgan fingerprint density at radius 3 is 2.77 bits per heavy atom. The van der Waals surface area contributed by atoms with Crippen molar-refractivity contribution in [3.63, 3.8) is 0 Å². The molecule has 0 N–H and O–H groups in total. The zero-order chi connectivity index (χ0) is 9.42. The summed E-state index contributed by atoms with van der Waals surface area (Å²) in [7, 11) is 0. The second-order valence-electron chi connectivity index (χ2n) is 3.34. The van der Waals surface area contributed by atoms with Gasteiger partial charge in [-0.2, -0.15) is 0 Å². The lowest BCUT2D eigenvalue weighted by Crippen LogP contribution is -2.24. The molecular formula is C10H12INO. The van der Waals surface area contributed by atoms with E-state index in [1.54, 1.807) is 0 Å². The fraction of sp³-hybridized carbons (Fsp3) is 0.400. The van der Waals surface area contributed by atoms with Crippen LogP contribution in [0, 0.1) is 13.8 Å². The molecule has 0 saturated carbocycles. The average Bonchev–Trinajstić information content (AvgIpc) is 2.09. The van der Waals surface area contributed by atoms with Gasteiger partial charge >= 0.3 is 0 Å². The van der Waals surface area contributed by atoms with E-state index in [9.17, 15) is 0 Å². The molecule has 1 aliphatic heterocycles. The first-order chi connectivity index (χ1) is 6.18. The van der Waals surface area contributed by atoms with Crippen molar-refractivity contribution in [2.24, 2.45) is 0 Å². The lowest BCUT2D eigenvalue weighted by Gasteiger charge is -2.26. The minimum Gasteiger partial charge on any atom is -0.490 e. The Labute approximate surface area is 92.4 Å². The van der Waals surface area contributed by atoms with Crippen molar-refractivity contribution in [1.82, 2.24) is 0 Å². The molecule has 2 rings (SSSR count). The summed E-state index contributed by atoms with van der Waals surface area (Å²) in [5, 5.41) is 0. The first-order valence-corrected chi connectivity index (χ1v) is 5.32. The van der Waals surface area contributed by atoms with Crippen LogP contribution < -0.4 is 7.85 Å². The molecule has 0 fully saturated rings. The van der Waals surface area contributed by atoms with Crippen molar-refractivity contribution in [2.75, 3.05) is 16.3 Å². The van der Waals surface area contributed by atoms with E-state index in [1.165, 1.54) is 16.8 Å². The minimum absolute atomic E-state index is 0.790. The number of halogens is 1. The van der Waals surface area contributed by atoms with Gasteiger partial charge in [-0.05, 0) is 37.1 Å². The van der Waals surface area contributed by atoms with Gasteiger partial charge in [-0.25, -0.2) is 0 Å². The molecule has 1 aromatic rings. The van der Waals surface area contributed by atoms with Crippen molar-refractivity contribution in [3.8, 4) is 5.75 Å². The first-order valence-electron chi connectivity index (χ1n) is 4.36. The Morgan fingerprint density at radius 1 is 1.31 bits per heavy atom. The highest BCUT2D eigenvalue weighted by Crippen LogP contribution is 2.35. The summed E-state index contributed by atoms with van der Waals surface area (Å²) in [6.07, 6.45) is 0. The average molecular weight is 289 g/mol. The zero-order valence-corrected chi connectivity index (χ0v) is 9.96. The quantitative estimate of drug-likeness (QED) is 0.538. The van der Waals surface area contributed by atoms with Crippen LogP contribution in [0.1, 0.15) is 11.1 Å². The van der Waals surface area contributed by atoms with Gasteiger partial charge in [-0.15, -0.1) is 0 Å². The highest BCUT2D eigenvalue weighted by atomic mass is 127. The molecule has 1 heterocycles. The Bertz CT molecular complexity index is 338. The normalized spacial score (nSPS) is 15.2. The Morgan fingerprint density at radius 2 is 2.00 bits per heavy atom. The summed E-state index contributed by atoms with van der Waals surface area (Å²) >= 11 is 2.33. The standard InChI is InChI=1S/C10H12INO/c1-7-5-9-10(6-8(7)2)13-4-3-12(9)11/h5-6H,3-4H2,1-2H3. The van der Waals surface area contributed by atoms with Crippen LogP contribution in [-0.2, 0) is 0 Å². The van der Waals surface area contributed by atoms with Crippen LogP contribution in [0.15, 0.2) is 12.1 Å². The third-order valence-corrected chi connectivity index (χ3v) is 3.38.